The monoisotopic (exact) mass is 371 g/mol. The minimum Gasteiger partial charge on any atom is -0.347 e. The molecule has 0 rings (SSSR count). The molecular weight excluding hydrogens is 326 g/mol. The van der Waals surface area contributed by atoms with Crippen LogP contribution in [0.25, 0.3) is 0 Å². The fourth-order valence-electron chi connectivity index (χ4n) is 3.12. The first-order chi connectivity index (χ1) is 12.2. The van der Waals surface area contributed by atoms with E-state index in [1.807, 2.05) is 0 Å². The molecule has 0 bridgehead atoms. The molecular formula is C22H45NOS. The van der Waals surface area contributed by atoms with E-state index in [0.29, 0.717) is 5.25 Å². The Hall–Kier alpha value is -0.180. The number of amides is 1. The number of hydrogen-bond donors (Lipinski definition) is 1. The van der Waals surface area contributed by atoms with Crippen LogP contribution in [-0.4, -0.2) is 17.0 Å². The number of rotatable bonds is 18. The van der Waals surface area contributed by atoms with Gasteiger partial charge in [-0.1, -0.05) is 122 Å². The van der Waals surface area contributed by atoms with E-state index in [2.05, 4.69) is 26.1 Å². The highest BCUT2D eigenvalue weighted by Gasteiger charge is 2.08. The topological polar surface area (TPSA) is 29.1 Å². The highest BCUT2D eigenvalue weighted by molar-refractivity contribution is 8.14. The zero-order chi connectivity index (χ0) is 18.6. The van der Waals surface area contributed by atoms with E-state index >= 15 is 0 Å². The summed E-state index contributed by atoms with van der Waals surface area (Å²) in [6, 6.07) is 0. The first-order valence-corrected chi connectivity index (χ1v) is 12.0. The van der Waals surface area contributed by atoms with Crippen LogP contribution in [0.3, 0.4) is 0 Å². The summed E-state index contributed by atoms with van der Waals surface area (Å²) in [6.07, 6.45) is 21.2. The summed E-state index contributed by atoms with van der Waals surface area (Å²) >= 11 is 1.49. The van der Waals surface area contributed by atoms with Gasteiger partial charge in [0.1, 0.15) is 0 Å². The van der Waals surface area contributed by atoms with Gasteiger partial charge in [0.05, 0.1) is 0 Å². The molecule has 1 amide bonds. The standard InChI is InChI=1S/C22H45NOS/c1-4-6-8-10-11-12-13-14-16-18-20-23-22(24)25-21(3)19-17-15-9-7-5-2/h21H,4-20H2,1-3H3,(H,23,24). The van der Waals surface area contributed by atoms with Gasteiger partial charge in [0.2, 0.25) is 0 Å². The molecule has 0 spiro atoms. The van der Waals surface area contributed by atoms with Gasteiger partial charge >= 0.3 is 0 Å². The quantitative estimate of drug-likeness (QED) is 0.247. The second-order valence-electron chi connectivity index (χ2n) is 7.53. The van der Waals surface area contributed by atoms with Crippen molar-refractivity contribution in [2.75, 3.05) is 6.54 Å². The Kier molecular flexibility index (Phi) is 20.0. The van der Waals surface area contributed by atoms with Crippen molar-refractivity contribution in [3.63, 3.8) is 0 Å². The van der Waals surface area contributed by atoms with Gasteiger partial charge in [0.25, 0.3) is 5.24 Å². The molecule has 1 atom stereocenters. The van der Waals surface area contributed by atoms with Gasteiger partial charge in [0, 0.05) is 11.8 Å². The van der Waals surface area contributed by atoms with Crippen molar-refractivity contribution in [2.45, 2.75) is 129 Å². The van der Waals surface area contributed by atoms with E-state index in [1.165, 1.54) is 108 Å². The highest BCUT2D eigenvalue weighted by Crippen LogP contribution is 2.18. The summed E-state index contributed by atoms with van der Waals surface area (Å²) in [4.78, 5) is 11.9. The molecule has 25 heavy (non-hydrogen) atoms. The van der Waals surface area contributed by atoms with Gasteiger partial charge in [-0.05, 0) is 12.8 Å². The second kappa shape index (κ2) is 20.1. The van der Waals surface area contributed by atoms with Crippen LogP contribution in [0.2, 0.25) is 0 Å². The summed E-state index contributed by atoms with van der Waals surface area (Å²) in [6.45, 7) is 7.56. The third-order valence-electron chi connectivity index (χ3n) is 4.82. The van der Waals surface area contributed by atoms with Crippen molar-refractivity contribution < 1.29 is 4.79 Å². The minimum atomic E-state index is 0.178. The first kappa shape index (κ1) is 24.8. The van der Waals surface area contributed by atoms with Gasteiger partial charge in [-0.2, -0.15) is 0 Å². The van der Waals surface area contributed by atoms with Crippen LogP contribution < -0.4 is 5.32 Å². The zero-order valence-electron chi connectivity index (χ0n) is 17.4. The SMILES string of the molecule is CCCCCCCCCCCCNC(=O)SC(C)CCCCCCC. The van der Waals surface area contributed by atoms with Gasteiger partial charge in [-0.3, -0.25) is 4.79 Å². The molecule has 0 saturated heterocycles. The van der Waals surface area contributed by atoms with Crippen LogP contribution >= 0.6 is 11.8 Å². The summed E-state index contributed by atoms with van der Waals surface area (Å²) in [5, 5.41) is 3.70. The molecule has 0 aliphatic rings. The fourth-order valence-corrected chi connectivity index (χ4v) is 3.96. The predicted octanol–water partition coefficient (Wildman–Crippen LogP) is 8.10. The maximum atomic E-state index is 11.9. The van der Waals surface area contributed by atoms with Gasteiger partial charge in [0.15, 0.2) is 0 Å². The number of unbranched alkanes of at least 4 members (excludes halogenated alkanes) is 13. The van der Waals surface area contributed by atoms with Crippen molar-refractivity contribution in [2.24, 2.45) is 0 Å². The van der Waals surface area contributed by atoms with Crippen LogP contribution in [0.1, 0.15) is 124 Å². The molecule has 0 aliphatic heterocycles. The molecule has 150 valence electrons. The van der Waals surface area contributed by atoms with Crippen molar-refractivity contribution in [3.8, 4) is 0 Å². The number of carbonyl (C=O) groups is 1. The van der Waals surface area contributed by atoms with E-state index in [-0.39, 0.29) is 5.24 Å². The summed E-state index contributed by atoms with van der Waals surface area (Å²) in [5.74, 6) is 0. The van der Waals surface area contributed by atoms with E-state index in [4.69, 9.17) is 0 Å². The number of carbonyl (C=O) groups excluding carboxylic acids is 1. The number of thioether (sulfide) groups is 1. The largest absolute Gasteiger partial charge is 0.347 e. The maximum absolute atomic E-state index is 11.9. The smallest absolute Gasteiger partial charge is 0.279 e. The van der Waals surface area contributed by atoms with Crippen molar-refractivity contribution in [3.05, 3.63) is 0 Å². The molecule has 3 heteroatoms. The predicted molar refractivity (Wildman–Crippen MR) is 116 cm³/mol. The highest BCUT2D eigenvalue weighted by atomic mass is 32.2. The Morgan fingerprint density at radius 3 is 1.68 bits per heavy atom. The Morgan fingerprint density at radius 1 is 0.720 bits per heavy atom. The maximum Gasteiger partial charge on any atom is 0.279 e. The third kappa shape index (κ3) is 20.0. The Bertz CT molecular complexity index is 283. The molecule has 0 fully saturated rings. The van der Waals surface area contributed by atoms with Crippen LogP contribution in [0.5, 0.6) is 0 Å². The molecule has 1 N–H and O–H groups in total. The van der Waals surface area contributed by atoms with Crippen LogP contribution in [0.4, 0.5) is 4.79 Å². The van der Waals surface area contributed by atoms with Gasteiger partial charge in [-0.15, -0.1) is 0 Å². The lowest BCUT2D eigenvalue weighted by atomic mass is 10.1. The van der Waals surface area contributed by atoms with Crippen molar-refractivity contribution >= 4 is 17.0 Å². The second-order valence-corrected chi connectivity index (χ2v) is 8.94. The molecule has 0 radical (unpaired) electrons. The van der Waals surface area contributed by atoms with E-state index < -0.39 is 0 Å². The molecule has 1 unspecified atom stereocenters. The van der Waals surface area contributed by atoms with E-state index in [1.54, 1.807) is 0 Å². The summed E-state index contributed by atoms with van der Waals surface area (Å²) < 4.78 is 0. The molecule has 0 aromatic rings. The lowest BCUT2D eigenvalue weighted by Gasteiger charge is -2.11. The zero-order valence-corrected chi connectivity index (χ0v) is 18.2. The van der Waals surface area contributed by atoms with Gasteiger partial charge in [-0.25, -0.2) is 0 Å². The van der Waals surface area contributed by atoms with Crippen LogP contribution in [0.15, 0.2) is 0 Å². The van der Waals surface area contributed by atoms with Crippen molar-refractivity contribution in [1.29, 1.82) is 0 Å². The molecule has 0 saturated carbocycles. The Balaban J connectivity index is 3.29. The number of hydrogen-bond acceptors (Lipinski definition) is 2. The summed E-state index contributed by atoms with van der Waals surface area (Å²) in [7, 11) is 0. The van der Waals surface area contributed by atoms with Crippen LogP contribution in [-0.2, 0) is 0 Å². The minimum absolute atomic E-state index is 0.178. The first-order valence-electron chi connectivity index (χ1n) is 11.1. The van der Waals surface area contributed by atoms with E-state index in [0.717, 1.165) is 13.0 Å². The van der Waals surface area contributed by atoms with Crippen LogP contribution in [0, 0.1) is 0 Å². The molecule has 2 nitrogen and oxygen atoms in total. The average Bonchev–Trinajstić information content (AvgIpc) is 2.59. The Morgan fingerprint density at radius 2 is 1.16 bits per heavy atom. The lowest BCUT2D eigenvalue weighted by molar-refractivity contribution is 0.260. The number of nitrogens with one attached hydrogen (secondary N) is 1. The lowest BCUT2D eigenvalue weighted by Crippen LogP contribution is -2.21. The molecule has 0 heterocycles. The molecule has 0 aromatic heterocycles. The normalized spacial score (nSPS) is 12.3. The average molecular weight is 372 g/mol. The summed E-state index contributed by atoms with van der Waals surface area (Å²) in [5.41, 5.74) is 0. The Labute approximate surface area is 162 Å². The van der Waals surface area contributed by atoms with Gasteiger partial charge < -0.3 is 5.32 Å². The fraction of sp³-hybridized carbons (Fsp3) is 0.955. The van der Waals surface area contributed by atoms with E-state index in [9.17, 15) is 4.79 Å². The molecule has 0 aromatic carbocycles. The van der Waals surface area contributed by atoms with Crippen molar-refractivity contribution in [1.82, 2.24) is 5.32 Å². The third-order valence-corrected chi connectivity index (χ3v) is 5.82. The molecule has 0 aliphatic carbocycles.